The molecule has 0 aliphatic carbocycles. The fraction of sp³-hybridized carbons (Fsp3) is 0.214. The highest BCUT2D eigenvalue weighted by Gasteiger charge is 2.08. The molecular weight excluding hydrogens is 272 g/mol. The van der Waals surface area contributed by atoms with Gasteiger partial charge in [0.05, 0.1) is 12.1 Å². The second-order valence-corrected chi connectivity index (χ2v) is 5.45. The third kappa shape index (κ3) is 2.61. The monoisotopic (exact) mass is 286 g/mol. The van der Waals surface area contributed by atoms with Crippen molar-refractivity contribution in [3.63, 3.8) is 0 Å². The average Bonchev–Trinajstić information content (AvgIpc) is 2.94. The van der Waals surface area contributed by atoms with Gasteiger partial charge >= 0.3 is 0 Å². The number of thiophene rings is 1. The van der Waals surface area contributed by atoms with Crippen LogP contribution in [0.3, 0.4) is 0 Å². The topological polar surface area (TPSA) is 70.7 Å². The highest BCUT2D eigenvalue weighted by atomic mass is 32.1. The van der Waals surface area contributed by atoms with E-state index in [0.29, 0.717) is 17.1 Å². The number of nitrogens with one attached hydrogen (secondary N) is 2. The Labute approximate surface area is 119 Å². The first-order valence-corrected chi connectivity index (χ1v) is 7.22. The lowest BCUT2D eigenvalue weighted by molar-refractivity contribution is 0.558. The highest BCUT2D eigenvalue weighted by Crippen LogP contribution is 2.14. The molecule has 0 unspecified atom stereocenters. The second-order valence-electron chi connectivity index (χ2n) is 4.54. The van der Waals surface area contributed by atoms with Crippen LogP contribution >= 0.6 is 11.3 Å². The molecular formula is C14H14N4OS. The lowest BCUT2D eigenvalue weighted by atomic mass is 10.1. The minimum Gasteiger partial charge on any atom is -0.308 e. The highest BCUT2D eigenvalue weighted by molar-refractivity contribution is 7.17. The van der Waals surface area contributed by atoms with E-state index >= 15 is 0 Å². The van der Waals surface area contributed by atoms with Crippen LogP contribution in [-0.4, -0.2) is 15.0 Å². The molecule has 0 aliphatic rings. The van der Waals surface area contributed by atoms with Crippen LogP contribution < -0.4 is 10.9 Å². The van der Waals surface area contributed by atoms with Crippen LogP contribution in [0.25, 0.3) is 10.2 Å². The number of rotatable bonds is 4. The summed E-state index contributed by atoms with van der Waals surface area (Å²) in [5, 5.41) is 5.21. The van der Waals surface area contributed by atoms with Gasteiger partial charge in [-0.3, -0.25) is 9.78 Å². The van der Waals surface area contributed by atoms with E-state index in [1.54, 1.807) is 6.20 Å². The summed E-state index contributed by atoms with van der Waals surface area (Å²) >= 11 is 1.41. The fourth-order valence-electron chi connectivity index (χ4n) is 2.01. The number of H-pyrrole nitrogens is 1. The summed E-state index contributed by atoms with van der Waals surface area (Å²) in [6.07, 6.45) is 3.58. The summed E-state index contributed by atoms with van der Waals surface area (Å²) in [5.41, 5.74) is 1.78. The number of aromatic nitrogens is 3. The maximum Gasteiger partial charge on any atom is 0.268 e. The maximum atomic E-state index is 11.9. The first kappa shape index (κ1) is 13.0. The lowest BCUT2D eigenvalue weighted by Crippen LogP contribution is -2.22. The van der Waals surface area contributed by atoms with Gasteiger partial charge in [0, 0.05) is 18.4 Å². The van der Waals surface area contributed by atoms with E-state index in [-0.39, 0.29) is 11.6 Å². The number of fused-ring (bicyclic) bond motifs is 1. The van der Waals surface area contributed by atoms with Crippen molar-refractivity contribution in [3.05, 3.63) is 57.7 Å². The van der Waals surface area contributed by atoms with Crippen molar-refractivity contribution in [2.45, 2.75) is 19.5 Å². The van der Waals surface area contributed by atoms with Crippen LogP contribution in [-0.2, 0) is 6.54 Å². The molecule has 0 saturated heterocycles. The van der Waals surface area contributed by atoms with E-state index in [1.165, 1.54) is 11.3 Å². The Morgan fingerprint density at radius 2 is 2.35 bits per heavy atom. The first-order valence-electron chi connectivity index (χ1n) is 6.34. The van der Waals surface area contributed by atoms with Gasteiger partial charge in [0.1, 0.15) is 10.5 Å². The molecule has 5 nitrogen and oxygen atoms in total. The van der Waals surface area contributed by atoms with Gasteiger partial charge in [0.2, 0.25) is 0 Å². The summed E-state index contributed by atoms with van der Waals surface area (Å²) in [5.74, 6) is 0.650. The molecule has 0 aliphatic heterocycles. The van der Waals surface area contributed by atoms with E-state index in [1.807, 2.05) is 29.8 Å². The molecule has 0 radical (unpaired) electrons. The Hall–Kier alpha value is -2.05. The molecule has 0 aromatic carbocycles. The smallest absolute Gasteiger partial charge is 0.268 e. The molecule has 0 fully saturated rings. The van der Waals surface area contributed by atoms with Crippen molar-refractivity contribution in [1.29, 1.82) is 0 Å². The van der Waals surface area contributed by atoms with Gasteiger partial charge in [0.25, 0.3) is 5.56 Å². The van der Waals surface area contributed by atoms with E-state index in [0.717, 1.165) is 11.1 Å². The predicted octanol–water partition coefficient (Wildman–Crippen LogP) is 2.23. The van der Waals surface area contributed by atoms with Gasteiger partial charge in [-0.1, -0.05) is 6.07 Å². The number of hydrogen-bond acceptors (Lipinski definition) is 5. The van der Waals surface area contributed by atoms with Crippen molar-refractivity contribution in [3.8, 4) is 0 Å². The molecule has 0 amide bonds. The Kier molecular flexibility index (Phi) is 3.58. The summed E-state index contributed by atoms with van der Waals surface area (Å²) in [7, 11) is 0. The second kappa shape index (κ2) is 5.52. The Morgan fingerprint density at radius 3 is 3.15 bits per heavy atom. The number of pyridine rings is 1. The standard InChI is InChI=1S/C14H14N4OS/c1-9(10-3-2-5-15-7-10)16-8-12-17-11-4-6-20-13(11)14(19)18-12/h2-7,9,16H,8H2,1H3,(H,17,18,19)/t9-/m0/s1. The number of hydrogen-bond donors (Lipinski definition) is 2. The zero-order valence-corrected chi connectivity index (χ0v) is 11.8. The third-order valence-electron chi connectivity index (χ3n) is 3.12. The minimum atomic E-state index is -0.0733. The molecule has 20 heavy (non-hydrogen) atoms. The van der Waals surface area contributed by atoms with Crippen LogP contribution in [0.5, 0.6) is 0 Å². The van der Waals surface area contributed by atoms with E-state index in [2.05, 4.69) is 27.2 Å². The third-order valence-corrected chi connectivity index (χ3v) is 4.03. The fourth-order valence-corrected chi connectivity index (χ4v) is 2.73. The maximum absolute atomic E-state index is 11.9. The van der Waals surface area contributed by atoms with Crippen molar-refractivity contribution >= 4 is 21.6 Å². The predicted molar refractivity (Wildman–Crippen MR) is 79.7 cm³/mol. The summed E-state index contributed by atoms with van der Waals surface area (Å²) in [6.45, 7) is 2.56. The van der Waals surface area contributed by atoms with Crippen molar-refractivity contribution in [1.82, 2.24) is 20.3 Å². The van der Waals surface area contributed by atoms with Crippen molar-refractivity contribution in [2.75, 3.05) is 0 Å². The van der Waals surface area contributed by atoms with Gasteiger partial charge in [0.15, 0.2) is 0 Å². The summed E-state index contributed by atoms with van der Waals surface area (Å²) < 4.78 is 0.675. The summed E-state index contributed by atoms with van der Waals surface area (Å²) in [4.78, 5) is 23.2. The number of nitrogens with zero attached hydrogens (tertiary/aromatic N) is 2. The summed E-state index contributed by atoms with van der Waals surface area (Å²) in [6, 6.07) is 5.93. The first-order chi connectivity index (χ1) is 9.74. The molecule has 3 aromatic heterocycles. The van der Waals surface area contributed by atoms with Gasteiger partial charge in [-0.2, -0.15) is 0 Å². The Morgan fingerprint density at radius 1 is 1.45 bits per heavy atom. The van der Waals surface area contributed by atoms with Crippen LogP contribution in [0.4, 0.5) is 0 Å². The zero-order valence-electron chi connectivity index (χ0n) is 11.0. The van der Waals surface area contributed by atoms with Crippen molar-refractivity contribution < 1.29 is 0 Å². The average molecular weight is 286 g/mol. The molecule has 0 spiro atoms. The molecule has 3 aromatic rings. The number of aromatic amines is 1. The van der Waals surface area contributed by atoms with E-state index < -0.39 is 0 Å². The largest absolute Gasteiger partial charge is 0.308 e. The van der Waals surface area contributed by atoms with Crippen LogP contribution in [0, 0.1) is 0 Å². The van der Waals surface area contributed by atoms with E-state index in [4.69, 9.17) is 0 Å². The molecule has 2 N–H and O–H groups in total. The molecule has 6 heteroatoms. The Bertz CT molecular complexity index is 765. The van der Waals surface area contributed by atoms with Gasteiger partial charge in [-0.25, -0.2) is 4.98 Å². The van der Waals surface area contributed by atoms with Gasteiger partial charge in [-0.15, -0.1) is 11.3 Å². The molecule has 0 saturated carbocycles. The SMILES string of the molecule is C[C@H](NCc1nc2ccsc2c(=O)[nH]1)c1cccnc1. The van der Waals surface area contributed by atoms with Crippen LogP contribution in [0.1, 0.15) is 24.4 Å². The van der Waals surface area contributed by atoms with Crippen LogP contribution in [0.15, 0.2) is 40.8 Å². The molecule has 3 rings (SSSR count). The van der Waals surface area contributed by atoms with Crippen LogP contribution in [0.2, 0.25) is 0 Å². The van der Waals surface area contributed by atoms with Gasteiger partial charge < -0.3 is 10.3 Å². The normalized spacial score (nSPS) is 12.7. The lowest BCUT2D eigenvalue weighted by Gasteiger charge is -2.13. The molecule has 102 valence electrons. The van der Waals surface area contributed by atoms with Gasteiger partial charge in [-0.05, 0) is 30.0 Å². The molecule has 3 heterocycles. The minimum absolute atomic E-state index is 0.0733. The quantitative estimate of drug-likeness (QED) is 0.771. The van der Waals surface area contributed by atoms with Crippen molar-refractivity contribution in [2.24, 2.45) is 0 Å². The molecule has 0 bridgehead atoms. The van der Waals surface area contributed by atoms with E-state index in [9.17, 15) is 4.79 Å². The zero-order chi connectivity index (χ0) is 13.9. The Balaban J connectivity index is 1.75. The molecule has 1 atom stereocenters.